The number of amides is 2. The van der Waals surface area contributed by atoms with Crippen LogP contribution in [0.2, 0.25) is 0 Å². The Balaban J connectivity index is 1.37. The number of hydrogen-bond acceptors (Lipinski definition) is 6. The van der Waals surface area contributed by atoms with Crippen LogP contribution >= 0.6 is 0 Å². The molecule has 4 heterocycles. The average Bonchev–Trinajstić information content (AvgIpc) is 3.73. The molecule has 2 aliphatic rings. The number of carbonyl (C=O) groups excluding carboxylic acids is 2. The zero-order chi connectivity index (χ0) is 42.4. The molecule has 2 amide bonds. The Labute approximate surface area is 348 Å². The molecule has 2 aliphatic heterocycles. The quantitative estimate of drug-likeness (QED) is 0.177. The lowest BCUT2D eigenvalue weighted by molar-refractivity contribution is -0.125. The van der Waals surface area contributed by atoms with E-state index in [0.717, 1.165) is 61.8 Å². The minimum Gasteiger partial charge on any atom is -0.307 e. The van der Waals surface area contributed by atoms with Crippen molar-refractivity contribution in [2.75, 3.05) is 9.80 Å². The average molecular weight is 789 g/mol. The summed E-state index contributed by atoms with van der Waals surface area (Å²) in [6, 6.07) is 28.6. The Hall–Kier alpha value is -5.90. The maximum absolute atomic E-state index is 14.9. The van der Waals surface area contributed by atoms with Crippen LogP contribution in [0.25, 0.3) is 56.2 Å². The van der Waals surface area contributed by atoms with Crippen LogP contribution in [-0.2, 0) is 24.4 Å². The molecule has 59 heavy (non-hydrogen) atoms. The van der Waals surface area contributed by atoms with Crippen molar-refractivity contribution in [1.82, 2.24) is 30.0 Å². The van der Waals surface area contributed by atoms with E-state index >= 15 is 0 Å². The molecule has 0 aliphatic carbocycles. The highest BCUT2D eigenvalue weighted by Gasteiger charge is 2.38. The molecule has 6 aromatic rings. The molecule has 0 saturated heterocycles. The fourth-order valence-electron chi connectivity index (χ4n) is 8.38. The van der Waals surface area contributed by atoms with E-state index in [0.29, 0.717) is 36.5 Å². The Morgan fingerprint density at radius 3 is 1.69 bits per heavy atom. The molecule has 2 aromatic heterocycles. The lowest BCUT2D eigenvalue weighted by atomic mass is 9.88. The van der Waals surface area contributed by atoms with Crippen molar-refractivity contribution < 1.29 is 9.59 Å². The Bertz CT molecular complexity index is 2640. The Morgan fingerprint density at radius 2 is 1.10 bits per heavy atom. The lowest BCUT2D eigenvalue weighted by Gasteiger charge is -2.38. The van der Waals surface area contributed by atoms with Gasteiger partial charge in [-0.3, -0.25) is 9.59 Å². The summed E-state index contributed by atoms with van der Waals surface area (Å²) in [5, 5.41) is 19.2. The van der Waals surface area contributed by atoms with Crippen molar-refractivity contribution >= 4 is 23.2 Å². The van der Waals surface area contributed by atoms with E-state index in [2.05, 4.69) is 105 Å². The number of para-hydroxylation sites is 1. The fraction of sp³-hybridized carbons (Fsp3) is 0.388. The maximum Gasteiger partial charge on any atom is 0.259 e. The van der Waals surface area contributed by atoms with Crippen LogP contribution in [0.15, 0.2) is 84.9 Å². The molecular formula is C49H56N8O2. The molecule has 10 nitrogen and oxygen atoms in total. The molecular weight excluding hydrogens is 733 g/mol. The Morgan fingerprint density at radius 1 is 0.576 bits per heavy atom. The molecule has 0 saturated carbocycles. The van der Waals surface area contributed by atoms with Gasteiger partial charge in [-0.1, -0.05) is 127 Å². The highest BCUT2D eigenvalue weighted by molar-refractivity contribution is 6.15. The molecule has 0 fully saturated rings. The van der Waals surface area contributed by atoms with E-state index in [1.807, 2.05) is 82.4 Å². The number of hydrogen-bond donors (Lipinski definition) is 0. The third kappa shape index (κ3) is 7.27. The molecule has 8 rings (SSSR count). The van der Waals surface area contributed by atoms with Gasteiger partial charge in [0.25, 0.3) is 5.91 Å². The zero-order valence-electron chi connectivity index (χ0n) is 36.6. The van der Waals surface area contributed by atoms with Crippen LogP contribution in [0.4, 0.5) is 11.4 Å². The van der Waals surface area contributed by atoms with Crippen molar-refractivity contribution in [3.05, 3.63) is 96.1 Å². The van der Waals surface area contributed by atoms with Gasteiger partial charge in [-0.15, -0.1) is 10.2 Å². The van der Waals surface area contributed by atoms with Gasteiger partial charge in [0.15, 0.2) is 0 Å². The predicted molar refractivity (Wildman–Crippen MR) is 237 cm³/mol. The molecule has 0 atom stereocenters. The largest absolute Gasteiger partial charge is 0.307 e. The zero-order valence-corrected chi connectivity index (χ0v) is 36.6. The van der Waals surface area contributed by atoms with Gasteiger partial charge in [0.05, 0.1) is 29.3 Å². The van der Waals surface area contributed by atoms with Crippen molar-refractivity contribution in [1.29, 1.82) is 0 Å². The van der Waals surface area contributed by atoms with Gasteiger partial charge in [-0.25, -0.2) is 9.36 Å². The second-order valence-corrected chi connectivity index (χ2v) is 20.6. The van der Waals surface area contributed by atoms with Crippen LogP contribution in [0.1, 0.15) is 99.0 Å². The van der Waals surface area contributed by atoms with Crippen LogP contribution in [0.5, 0.6) is 0 Å². The van der Waals surface area contributed by atoms with E-state index in [1.54, 1.807) is 0 Å². The van der Waals surface area contributed by atoms with Gasteiger partial charge < -0.3 is 9.80 Å². The third-order valence-corrected chi connectivity index (χ3v) is 10.9. The number of benzene rings is 4. The normalized spacial score (nSPS) is 14.2. The van der Waals surface area contributed by atoms with Crippen molar-refractivity contribution in [2.24, 2.45) is 16.2 Å². The highest BCUT2D eigenvalue weighted by atomic mass is 16.2. The van der Waals surface area contributed by atoms with E-state index in [4.69, 9.17) is 20.6 Å². The van der Waals surface area contributed by atoms with Crippen LogP contribution < -0.4 is 9.80 Å². The number of fused-ring (bicyclic) bond motifs is 10. The van der Waals surface area contributed by atoms with Gasteiger partial charge in [0.1, 0.15) is 11.4 Å². The molecule has 0 spiro atoms. The first-order valence-corrected chi connectivity index (χ1v) is 20.6. The second-order valence-electron chi connectivity index (χ2n) is 20.6. The van der Waals surface area contributed by atoms with Gasteiger partial charge in [-0.05, 0) is 78.6 Å². The predicted octanol–water partition coefficient (Wildman–Crippen LogP) is 10.9. The van der Waals surface area contributed by atoms with Crippen LogP contribution in [-0.4, -0.2) is 47.3 Å². The second kappa shape index (κ2) is 13.9. The van der Waals surface area contributed by atoms with Crippen molar-refractivity contribution in [2.45, 2.75) is 108 Å². The topological polar surface area (TPSA) is 102 Å². The van der Waals surface area contributed by atoms with Gasteiger partial charge in [0, 0.05) is 51.9 Å². The summed E-state index contributed by atoms with van der Waals surface area (Å²) >= 11 is 0. The van der Waals surface area contributed by atoms with Gasteiger partial charge >= 0.3 is 0 Å². The highest BCUT2D eigenvalue weighted by Crippen LogP contribution is 2.47. The summed E-state index contributed by atoms with van der Waals surface area (Å²) < 4.78 is 4.01. The lowest BCUT2D eigenvalue weighted by Crippen LogP contribution is -2.46. The first kappa shape index (κ1) is 39.9. The SMILES string of the molecule is CC(C)(C)Cn1nnc2c1-c1ccccc1CN(C(=O)C(C)(C)C)c1cc(-c3ccc4c(c3)-c3nnn(CC(C)(C)C)c3-c3ccccc3N(C(C)(C)C)C4=O)ccc1-2. The monoisotopic (exact) mass is 788 g/mol. The smallest absolute Gasteiger partial charge is 0.259 e. The summed E-state index contributed by atoms with van der Waals surface area (Å²) in [6.07, 6.45) is 0. The number of aromatic nitrogens is 6. The standard InChI is InChI=1S/C49H56N8O2/c1-46(2,3)28-55-42-33-18-14-13-17-32(33)27-54(45(59)48(7,8)9)39-26-31(22-24-35(39)40(42)50-52-55)30-21-23-34-37(25-30)41-43(56(53-51-41)29-47(4,5)6)36-19-15-16-20-38(36)57(44(34)58)49(10,11)12/h13-26H,27-29H2,1-12H3. The van der Waals surface area contributed by atoms with E-state index in [9.17, 15) is 9.59 Å². The third-order valence-electron chi connectivity index (χ3n) is 10.9. The van der Waals surface area contributed by atoms with E-state index in [-0.39, 0.29) is 22.6 Å². The number of nitrogens with zero attached hydrogens (tertiary/aromatic N) is 8. The summed E-state index contributed by atoms with van der Waals surface area (Å²) in [5.74, 6) is -0.103. The summed E-state index contributed by atoms with van der Waals surface area (Å²) in [6.45, 7) is 26.9. The molecule has 4 aromatic carbocycles. The van der Waals surface area contributed by atoms with Crippen LogP contribution in [0, 0.1) is 16.2 Å². The van der Waals surface area contributed by atoms with Crippen molar-refractivity contribution in [3.8, 4) is 56.2 Å². The molecule has 0 N–H and O–H groups in total. The Kier molecular flexibility index (Phi) is 9.37. The fourth-order valence-corrected chi connectivity index (χ4v) is 8.38. The molecule has 0 unspecified atom stereocenters. The number of rotatable bonds is 3. The van der Waals surface area contributed by atoms with E-state index < -0.39 is 11.0 Å². The number of carbonyl (C=O) groups is 2. The molecule has 10 heteroatoms. The minimum absolute atomic E-state index is 0.000975. The maximum atomic E-state index is 14.9. The van der Waals surface area contributed by atoms with Gasteiger partial charge in [-0.2, -0.15) is 0 Å². The number of anilines is 2. The first-order valence-electron chi connectivity index (χ1n) is 20.6. The molecule has 0 radical (unpaired) electrons. The van der Waals surface area contributed by atoms with Crippen molar-refractivity contribution in [3.63, 3.8) is 0 Å². The van der Waals surface area contributed by atoms with Gasteiger partial charge in [0.2, 0.25) is 5.91 Å². The van der Waals surface area contributed by atoms with E-state index in [1.165, 1.54) is 0 Å². The first-order chi connectivity index (χ1) is 27.6. The summed E-state index contributed by atoms with van der Waals surface area (Å²) in [4.78, 5) is 33.3. The molecule has 0 bridgehead atoms. The summed E-state index contributed by atoms with van der Waals surface area (Å²) in [5.41, 5.74) is 10.3. The molecule has 304 valence electrons. The summed E-state index contributed by atoms with van der Waals surface area (Å²) in [7, 11) is 0. The van der Waals surface area contributed by atoms with Crippen LogP contribution in [0.3, 0.4) is 0 Å². The minimum atomic E-state index is -0.665.